The number of carbonyl (C=O) groups is 2. The number of nitrogens with zero attached hydrogens (tertiary/aromatic N) is 2. The number of amides is 2. The molecule has 128 valence electrons. The highest BCUT2D eigenvalue weighted by Crippen LogP contribution is 2.24. The maximum atomic E-state index is 12.3. The van der Waals surface area contributed by atoms with Crippen molar-refractivity contribution in [2.24, 2.45) is 0 Å². The third kappa shape index (κ3) is 4.42. The molecule has 0 spiro atoms. The van der Waals surface area contributed by atoms with E-state index in [-0.39, 0.29) is 30.3 Å². The molecule has 1 saturated heterocycles. The van der Waals surface area contributed by atoms with Crippen molar-refractivity contribution in [3.05, 3.63) is 29.8 Å². The molecule has 1 aromatic carbocycles. The van der Waals surface area contributed by atoms with Crippen LogP contribution in [-0.2, 0) is 16.1 Å². The minimum absolute atomic E-state index is 0.0218. The van der Waals surface area contributed by atoms with Crippen molar-refractivity contribution in [1.29, 1.82) is 0 Å². The fraction of sp³-hybridized carbons (Fsp3) is 0.444. The number of rotatable bonds is 6. The number of para-hydroxylation sites is 1. The van der Waals surface area contributed by atoms with Gasteiger partial charge in [-0.1, -0.05) is 24.1 Å². The van der Waals surface area contributed by atoms with E-state index >= 15 is 0 Å². The zero-order chi connectivity index (χ0) is 17.5. The number of hydrogen-bond donors (Lipinski definition) is 0. The molecular weight excluding hydrogens is 328 g/mol. The van der Waals surface area contributed by atoms with E-state index in [0.29, 0.717) is 25.4 Å². The molecule has 0 radical (unpaired) electrons. The lowest BCUT2D eigenvalue weighted by Gasteiger charge is -2.29. The summed E-state index contributed by atoms with van der Waals surface area (Å²) in [6, 6.07) is 7.43. The van der Waals surface area contributed by atoms with Gasteiger partial charge in [-0.05, 0) is 12.5 Å². The summed E-state index contributed by atoms with van der Waals surface area (Å²) in [5.41, 5.74) is 0.868. The van der Waals surface area contributed by atoms with Crippen molar-refractivity contribution in [3.63, 3.8) is 0 Å². The van der Waals surface area contributed by atoms with Gasteiger partial charge in [-0.25, -0.2) is 0 Å². The van der Waals surface area contributed by atoms with Gasteiger partial charge in [0.1, 0.15) is 18.2 Å². The van der Waals surface area contributed by atoms with E-state index in [9.17, 15) is 9.59 Å². The van der Waals surface area contributed by atoms with Crippen LogP contribution >= 0.6 is 11.6 Å². The Labute approximate surface area is 147 Å². The van der Waals surface area contributed by atoms with Gasteiger partial charge in [0.15, 0.2) is 0 Å². The van der Waals surface area contributed by atoms with Gasteiger partial charge in [-0.3, -0.25) is 9.59 Å². The smallest absolute Gasteiger partial charge is 0.238 e. The van der Waals surface area contributed by atoms with Gasteiger partial charge in [0.2, 0.25) is 11.8 Å². The molecule has 5 nitrogen and oxygen atoms in total. The first kappa shape index (κ1) is 18.2. The molecule has 1 aliphatic heterocycles. The van der Waals surface area contributed by atoms with Crippen LogP contribution in [-0.4, -0.2) is 53.2 Å². The van der Waals surface area contributed by atoms with Gasteiger partial charge in [-0.2, -0.15) is 0 Å². The Morgan fingerprint density at radius 2 is 2.21 bits per heavy atom. The molecule has 1 unspecified atom stereocenters. The molecular formula is C18H21ClN2O3. The minimum atomic E-state index is -0.154. The van der Waals surface area contributed by atoms with Crippen LogP contribution in [0.3, 0.4) is 0 Å². The zero-order valence-corrected chi connectivity index (χ0v) is 14.5. The van der Waals surface area contributed by atoms with E-state index in [2.05, 4.69) is 5.92 Å². The molecule has 0 aliphatic carbocycles. The Hall–Kier alpha value is -2.19. The number of terminal acetylenes is 1. The highest BCUT2D eigenvalue weighted by atomic mass is 35.5. The van der Waals surface area contributed by atoms with E-state index in [1.165, 1.54) is 0 Å². The number of likely N-dealkylation sites (tertiary alicyclic amines) is 1. The number of alkyl halides is 1. The molecule has 6 heteroatoms. The second-order valence-corrected chi connectivity index (χ2v) is 5.93. The standard InChI is InChI=1S/C18H21ClN2O3/c1-3-10-24-17-7-5-4-6-15(17)12-21(18(23)11-19)16-8-9-20(13-16)14(2)22/h1,4-7,16H,8-13H2,2H3. The molecule has 0 aromatic heterocycles. The summed E-state index contributed by atoms with van der Waals surface area (Å²) in [4.78, 5) is 27.3. The third-order valence-corrected chi connectivity index (χ3v) is 4.34. The zero-order valence-electron chi connectivity index (χ0n) is 13.7. The van der Waals surface area contributed by atoms with Gasteiger partial charge < -0.3 is 14.5 Å². The first-order valence-electron chi connectivity index (χ1n) is 7.82. The maximum Gasteiger partial charge on any atom is 0.238 e. The number of benzene rings is 1. The van der Waals surface area contributed by atoms with Crippen molar-refractivity contribution < 1.29 is 14.3 Å². The third-order valence-electron chi connectivity index (χ3n) is 4.11. The molecule has 0 bridgehead atoms. The van der Waals surface area contributed by atoms with Crippen molar-refractivity contribution in [2.45, 2.75) is 25.9 Å². The van der Waals surface area contributed by atoms with Crippen LogP contribution in [0.15, 0.2) is 24.3 Å². The van der Waals surface area contributed by atoms with Gasteiger partial charge in [0, 0.05) is 32.1 Å². The van der Waals surface area contributed by atoms with E-state index in [1.807, 2.05) is 24.3 Å². The van der Waals surface area contributed by atoms with Crippen LogP contribution in [0.5, 0.6) is 5.75 Å². The maximum absolute atomic E-state index is 12.3. The Bertz CT molecular complexity index is 641. The molecule has 2 rings (SSSR count). The molecule has 1 atom stereocenters. The topological polar surface area (TPSA) is 49.9 Å². The van der Waals surface area contributed by atoms with E-state index < -0.39 is 0 Å². The van der Waals surface area contributed by atoms with Crippen LogP contribution in [0.25, 0.3) is 0 Å². The predicted molar refractivity (Wildman–Crippen MR) is 92.7 cm³/mol. The quantitative estimate of drug-likeness (QED) is 0.582. The number of halogens is 1. The normalized spacial score (nSPS) is 16.5. The van der Waals surface area contributed by atoms with Crippen molar-refractivity contribution in [2.75, 3.05) is 25.6 Å². The fourth-order valence-electron chi connectivity index (χ4n) is 2.86. The lowest BCUT2D eigenvalue weighted by Crippen LogP contribution is -2.42. The summed E-state index contributed by atoms with van der Waals surface area (Å²) in [5, 5.41) is 0. The summed E-state index contributed by atoms with van der Waals surface area (Å²) >= 11 is 5.78. The monoisotopic (exact) mass is 348 g/mol. The summed E-state index contributed by atoms with van der Waals surface area (Å²) in [6.07, 6.45) is 5.99. The highest BCUT2D eigenvalue weighted by molar-refractivity contribution is 6.27. The van der Waals surface area contributed by atoms with Crippen molar-refractivity contribution in [3.8, 4) is 18.1 Å². The van der Waals surface area contributed by atoms with Gasteiger partial charge in [-0.15, -0.1) is 18.0 Å². The average molecular weight is 349 g/mol. The molecule has 1 heterocycles. The first-order valence-corrected chi connectivity index (χ1v) is 8.35. The largest absolute Gasteiger partial charge is 0.481 e. The molecule has 1 fully saturated rings. The second kappa shape index (κ2) is 8.60. The average Bonchev–Trinajstić information content (AvgIpc) is 3.08. The second-order valence-electron chi connectivity index (χ2n) is 5.66. The summed E-state index contributed by atoms with van der Waals surface area (Å²) in [5.74, 6) is 2.87. The molecule has 1 aliphatic rings. The van der Waals surface area contributed by atoms with Crippen LogP contribution in [0, 0.1) is 12.3 Å². The van der Waals surface area contributed by atoms with Gasteiger partial charge in [0.25, 0.3) is 0 Å². The number of ether oxygens (including phenoxy) is 1. The SMILES string of the molecule is C#CCOc1ccccc1CN(C(=O)CCl)C1CCN(C(C)=O)C1. The Kier molecular flexibility index (Phi) is 6.51. The summed E-state index contributed by atoms with van der Waals surface area (Å²) in [6.45, 7) is 3.27. The van der Waals surface area contributed by atoms with E-state index in [0.717, 1.165) is 12.0 Å². The van der Waals surface area contributed by atoms with Crippen LogP contribution < -0.4 is 4.74 Å². The molecule has 1 aromatic rings. The fourth-order valence-corrected chi connectivity index (χ4v) is 3.01. The predicted octanol–water partition coefficient (Wildman–Crippen LogP) is 1.89. The van der Waals surface area contributed by atoms with Crippen LogP contribution in [0.4, 0.5) is 0 Å². The van der Waals surface area contributed by atoms with E-state index in [4.69, 9.17) is 22.8 Å². The van der Waals surface area contributed by atoms with Crippen molar-refractivity contribution >= 4 is 23.4 Å². The Morgan fingerprint density at radius 1 is 1.46 bits per heavy atom. The Balaban J connectivity index is 2.17. The number of carbonyl (C=O) groups excluding carboxylic acids is 2. The lowest BCUT2D eigenvalue weighted by atomic mass is 10.1. The minimum Gasteiger partial charge on any atom is -0.481 e. The van der Waals surface area contributed by atoms with E-state index in [1.54, 1.807) is 16.7 Å². The highest BCUT2D eigenvalue weighted by Gasteiger charge is 2.31. The van der Waals surface area contributed by atoms with Gasteiger partial charge in [0.05, 0.1) is 6.04 Å². The first-order chi connectivity index (χ1) is 11.6. The number of hydrogen-bond acceptors (Lipinski definition) is 3. The summed E-state index contributed by atoms with van der Waals surface area (Å²) in [7, 11) is 0. The molecule has 24 heavy (non-hydrogen) atoms. The van der Waals surface area contributed by atoms with Crippen LogP contribution in [0.2, 0.25) is 0 Å². The van der Waals surface area contributed by atoms with Crippen molar-refractivity contribution in [1.82, 2.24) is 9.80 Å². The molecule has 0 saturated carbocycles. The molecule has 0 N–H and O–H groups in total. The lowest BCUT2D eigenvalue weighted by molar-refractivity contribution is -0.133. The van der Waals surface area contributed by atoms with Crippen LogP contribution in [0.1, 0.15) is 18.9 Å². The van der Waals surface area contributed by atoms with Gasteiger partial charge >= 0.3 is 0 Å². The summed E-state index contributed by atoms with van der Waals surface area (Å²) < 4.78 is 5.55. The Morgan fingerprint density at radius 3 is 2.83 bits per heavy atom. The molecule has 2 amide bonds.